The number of aliphatic hydroxyl groups is 1. The quantitative estimate of drug-likeness (QED) is 0.751. The van der Waals surface area contributed by atoms with Gasteiger partial charge in [-0.3, -0.25) is 9.69 Å². The van der Waals surface area contributed by atoms with Crippen LogP contribution in [0.1, 0.15) is 11.1 Å². The van der Waals surface area contributed by atoms with E-state index in [0.29, 0.717) is 11.1 Å². The van der Waals surface area contributed by atoms with Crippen LogP contribution in [0.25, 0.3) is 0 Å². The monoisotopic (exact) mass is 273 g/mol. The molecule has 0 saturated carbocycles. The zero-order chi connectivity index (χ0) is 14.3. The fourth-order valence-corrected chi connectivity index (χ4v) is 1.86. The van der Waals surface area contributed by atoms with Gasteiger partial charge in [-0.1, -0.05) is 24.3 Å². The van der Waals surface area contributed by atoms with Crippen molar-refractivity contribution in [2.24, 2.45) is 0 Å². The zero-order valence-corrected chi connectivity index (χ0v) is 10.4. The van der Waals surface area contributed by atoms with E-state index in [4.69, 9.17) is 10.2 Å². The molecule has 0 radical (unpaired) electrons. The number of halogens is 2. The van der Waals surface area contributed by atoms with Crippen molar-refractivity contribution in [3.8, 4) is 0 Å². The standard InChI is InChI=1S/C13H17F2NO3/c14-12(15)9-16(5-6-17)8-11-4-2-1-3-10(11)7-13(18)19/h1-4,12,17H,5-9H2,(H,18,19). The number of hydrogen-bond acceptors (Lipinski definition) is 3. The van der Waals surface area contributed by atoms with E-state index in [1.54, 1.807) is 24.3 Å². The van der Waals surface area contributed by atoms with Crippen molar-refractivity contribution in [2.45, 2.75) is 19.4 Å². The van der Waals surface area contributed by atoms with Crippen molar-refractivity contribution >= 4 is 5.97 Å². The lowest BCUT2D eigenvalue weighted by Gasteiger charge is -2.22. The van der Waals surface area contributed by atoms with Crippen LogP contribution in [0.5, 0.6) is 0 Å². The zero-order valence-electron chi connectivity index (χ0n) is 10.4. The summed E-state index contributed by atoms with van der Waals surface area (Å²) in [4.78, 5) is 12.1. The molecule has 6 heteroatoms. The number of alkyl halides is 2. The van der Waals surface area contributed by atoms with Gasteiger partial charge in [0, 0.05) is 13.1 Å². The summed E-state index contributed by atoms with van der Waals surface area (Å²) >= 11 is 0. The molecule has 0 spiro atoms. The van der Waals surface area contributed by atoms with Gasteiger partial charge in [-0.05, 0) is 11.1 Å². The van der Waals surface area contributed by atoms with Crippen molar-refractivity contribution in [1.82, 2.24) is 4.90 Å². The van der Waals surface area contributed by atoms with Gasteiger partial charge in [0.15, 0.2) is 0 Å². The fraction of sp³-hybridized carbons (Fsp3) is 0.462. The van der Waals surface area contributed by atoms with Gasteiger partial charge in [-0.15, -0.1) is 0 Å². The van der Waals surface area contributed by atoms with E-state index in [-0.39, 0.29) is 26.1 Å². The highest BCUT2D eigenvalue weighted by Gasteiger charge is 2.14. The van der Waals surface area contributed by atoms with Crippen molar-refractivity contribution in [3.63, 3.8) is 0 Å². The normalized spacial score (nSPS) is 11.2. The molecule has 1 rings (SSSR count). The Bertz CT molecular complexity index is 413. The average molecular weight is 273 g/mol. The van der Waals surface area contributed by atoms with Gasteiger partial charge in [0.25, 0.3) is 6.43 Å². The van der Waals surface area contributed by atoms with E-state index in [0.717, 1.165) is 0 Å². The highest BCUT2D eigenvalue weighted by molar-refractivity contribution is 5.70. The van der Waals surface area contributed by atoms with Crippen LogP contribution in [0.4, 0.5) is 8.78 Å². The van der Waals surface area contributed by atoms with Crippen LogP contribution < -0.4 is 0 Å². The number of aliphatic carboxylic acids is 1. The molecule has 1 aromatic carbocycles. The number of carboxylic acids is 1. The first-order valence-electron chi connectivity index (χ1n) is 5.93. The minimum atomic E-state index is -2.49. The van der Waals surface area contributed by atoms with Crippen molar-refractivity contribution < 1.29 is 23.8 Å². The van der Waals surface area contributed by atoms with Crippen LogP contribution in [0.3, 0.4) is 0 Å². The predicted molar refractivity (Wildman–Crippen MR) is 66.1 cm³/mol. The average Bonchev–Trinajstić information content (AvgIpc) is 2.30. The second-order valence-corrected chi connectivity index (χ2v) is 4.19. The maximum absolute atomic E-state index is 12.4. The SMILES string of the molecule is O=C(O)Cc1ccccc1CN(CCO)CC(F)F. The molecule has 0 saturated heterocycles. The van der Waals surface area contributed by atoms with Crippen LogP contribution in [0.15, 0.2) is 24.3 Å². The maximum Gasteiger partial charge on any atom is 0.307 e. The Morgan fingerprint density at radius 2 is 1.89 bits per heavy atom. The Balaban J connectivity index is 2.79. The summed E-state index contributed by atoms with van der Waals surface area (Å²) in [5.74, 6) is -0.963. The smallest absolute Gasteiger partial charge is 0.307 e. The maximum atomic E-state index is 12.4. The fourth-order valence-electron chi connectivity index (χ4n) is 1.86. The highest BCUT2D eigenvalue weighted by atomic mass is 19.3. The third-order valence-corrected chi connectivity index (χ3v) is 2.67. The van der Waals surface area contributed by atoms with Gasteiger partial charge in [-0.25, -0.2) is 8.78 Å². The first-order chi connectivity index (χ1) is 9.02. The van der Waals surface area contributed by atoms with Gasteiger partial charge in [0.2, 0.25) is 0 Å². The minimum absolute atomic E-state index is 0.131. The van der Waals surface area contributed by atoms with Crippen molar-refractivity contribution in [1.29, 1.82) is 0 Å². The Kier molecular flexibility index (Phi) is 6.38. The summed E-state index contributed by atoms with van der Waals surface area (Å²) in [6.45, 7) is -0.324. The molecule has 0 atom stereocenters. The van der Waals surface area contributed by atoms with Gasteiger partial charge >= 0.3 is 5.97 Å². The van der Waals surface area contributed by atoms with E-state index in [1.807, 2.05) is 0 Å². The van der Waals surface area contributed by atoms with Gasteiger partial charge in [0.1, 0.15) is 0 Å². The second kappa shape index (κ2) is 7.81. The third kappa shape index (κ3) is 5.76. The number of carboxylic acid groups (broad SMARTS) is 1. The number of nitrogens with zero attached hydrogens (tertiary/aromatic N) is 1. The summed E-state index contributed by atoms with van der Waals surface area (Å²) in [7, 11) is 0. The predicted octanol–water partition coefficient (Wildman–Crippen LogP) is 1.37. The molecule has 4 nitrogen and oxygen atoms in total. The lowest BCUT2D eigenvalue weighted by Crippen LogP contribution is -2.31. The topological polar surface area (TPSA) is 60.8 Å². The Morgan fingerprint density at radius 1 is 1.26 bits per heavy atom. The lowest BCUT2D eigenvalue weighted by atomic mass is 10.0. The number of hydrogen-bond donors (Lipinski definition) is 2. The van der Waals surface area contributed by atoms with Crippen LogP contribution in [0.2, 0.25) is 0 Å². The van der Waals surface area contributed by atoms with Crippen molar-refractivity contribution in [3.05, 3.63) is 35.4 Å². The van der Waals surface area contributed by atoms with E-state index in [1.165, 1.54) is 4.90 Å². The largest absolute Gasteiger partial charge is 0.481 e. The number of benzene rings is 1. The molecule has 2 N–H and O–H groups in total. The summed E-state index contributed by atoms with van der Waals surface area (Å²) in [6, 6.07) is 6.84. The molecule has 0 aliphatic carbocycles. The lowest BCUT2D eigenvalue weighted by molar-refractivity contribution is -0.136. The highest BCUT2D eigenvalue weighted by Crippen LogP contribution is 2.13. The molecule has 0 amide bonds. The number of rotatable bonds is 8. The van der Waals surface area contributed by atoms with Gasteiger partial charge in [-0.2, -0.15) is 0 Å². The van der Waals surface area contributed by atoms with Crippen LogP contribution in [-0.4, -0.2) is 47.2 Å². The Hall–Kier alpha value is -1.53. The minimum Gasteiger partial charge on any atom is -0.481 e. The number of carbonyl (C=O) groups is 1. The van der Waals surface area contributed by atoms with Crippen molar-refractivity contribution in [2.75, 3.05) is 19.7 Å². The molecule has 106 valence electrons. The summed E-state index contributed by atoms with van der Waals surface area (Å²) in [6.07, 6.45) is -2.63. The van der Waals surface area contributed by atoms with E-state index < -0.39 is 18.9 Å². The first kappa shape index (κ1) is 15.5. The van der Waals surface area contributed by atoms with Crippen LogP contribution in [-0.2, 0) is 17.8 Å². The summed E-state index contributed by atoms with van der Waals surface area (Å²) < 4.78 is 24.8. The molecule has 0 aromatic heterocycles. The first-order valence-corrected chi connectivity index (χ1v) is 5.93. The second-order valence-electron chi connectivity index (χ2n) is 4.19. The molecular weight excluding hydrogens is 256 g/mol. The van der Waals surface area contributed by atoms with E-state index in [9.17, 15) is 13.6 Å². The molecule has 0 bridgehead atoms. The molecule has 0 unspecified atom stereocenters. The van der Waals surface area contributed by atoms with Gasteiger partial charge < -0.3 is 10.2 Å². The molecule has 0 fully saturated rings. The Morgan fingerprint density at radius 3 is 2.42 bits per heavy atom. The van der Waals surface area contributed by atoms with Crippen LogP contribution in [0, 0.1) is 0 Å². The molecule has 1 aromatic rings. The summed E-state index contributed by atoms with van der Waals surface area (Å²) in [5.41, 5.74) is 1.30. The number of aliphatic hydroxyl groups excluding tert-OH is 1. The molecule has 0 aliphatic rings. The molecule has 19 heavy (non-hydrogen) atoms. The Labute approximate surface area is 110 Å². The van der Waals surface area contributed by atoms with Crippen LogP contribution >= 0.6 is 0 Å². The van der Waals surface area contributed by atoms with Gasteiger partial charge in [0.05, 0.1) is 19.6 Å². The molecule has 0 heterocycles. The van der Waals surface area contributed by atoms with E-state index >= 15 is 0 Å². The summed E-state index contributed by atoms with van der Waals surface area (Å²) in [5, 5.41) is 17.7. The third-order valence-electron chi connectivity index (χ3n) is 2.67. The molecular formula is C13H17F2NO3. The van der Waals surface area contributed by atoms with E-state index in [2.05, 4.69) is 0 Å². The molecule has 0 aliphatic heterocycles.